The molecule has 168 valence electrons. The number of ether oxygens (including phenoxy) is 1. The Morgan fingerprint density at radius 2 is 1.73 bits per heavy atom. The standard InChI is InChI=1S/C24H19BrN2O6/c25-17-7-3-15(4-8-17)21(28)14-33-24(31)16-5-9-18(10-6-16)27-22(29)12-20(23(27)30)26-13-19-2-1-11-32-19/h1-11,20,26H,12-14H2. The van der Waals surface area contributed by atoms with Gasteiger partial charge in [0.05, 0.1) is 36.5 Å². The summed E-state index contributed by atoms with van der Waals surface area (Å²) in [5, 5.41) is 3.02. The lowest BCUT2D eigenvalue weighted by atomic mass is 10.1. The first-order valence-electron chi connectivity index (χ1n) is 10.1. The van der Waals surface area contributed by atoms with Gasteiger partial charge in [0.25, 0.3) is 5.91 Å². The van der Waals surface area contributed by atoms with Crippen molar-refractivity contribution < 1.29 is 28.3 Å². The third-order valence-electron chi connectivity index (χ3n) is 5.11. The summed E-state index contributed by atoms with van der Waals surface area (Å²) in [5.74, 6) is -1.05. The molecule has 1 unspecified atom stereocenters. The average Bonchev–Trinajstić information content (AvgIpc) is 3.44. The zero-order valence-electron chi connectivity index (χ0n) is 17.3. The summed E-state index contributed by atoms with van der Waals surface area (Å²) >= 11 is 3.29. The molecule has 4 rings (SSSR count). The van der Waals surface area contributed by atoms with E-state index in [-0.39, 0.29) is 29.6 Å². The number of furan rings is 1. The summed E-state index contributed by atoms with van der Waals surface area (Å²) in [7, 11) is 0. The van der Waals surface area contributed by atoms with Gasteiger partial charge >= 0.3 is 5.97 Å². The molecule has 3 aromatic rings. The van der Waals surface area contributed by atoms with E-state index in [4.69, 9.17) is 9.15 Å². The summed E-state index contributed by atoms with van der Waals surface area (Å²) < 4.78 is 11.2. The van der Waals surface area contributed by atoms with Gasteiger partial charge in [-0.25, -0.2) is 9.69 Å². The minimum atomic E-state index is -0.677. The molecular weight excluding hydrogens is 492 g/mol. The number of halogens is 1. The van der Waals surface area contributed by atoms with Crippen molar-refractivity contribution in [2.45, 2.75) is 19.0 Å². The van der Waals surface area contributed by atoms with E-state index in [2.05, 4.69) is 21.2 Å². The quantitative estimate of drug-likeness (QED) is 0.280. The van der Waals surface area contributed by atoms with Crippen LogP contribution in [0.15, 0.2) is 75.8 Å². The molecule has 8 nitrogen and oxygen atoms in total. The molecule has 1 saturated heterocycles. The molecule has 1 atom stereocenters. The van der Waals surface area contributed by atoms with E-state index in [1.807, 2.05) is 0 Å². The zero-order chi connectivity index (χ0) is 23.4. The lowest BCUT2D eigenvalue weighted by Crippen LogP contribution is -2.38. The number of anilines is 1. The second kappa shape index (κ2) is 9.93. The highest BCUT2D eigenvalue weighted by molar-refractivity contribution is 9.10. The second-order valence-corrected chi connectivity index (χ2v) is 8.25. The molecule has 0 saturated carbocycles. The number of amides is 2. The smallest absolute Gasteiger partial charge is 0.338 e. The summed E-state index contributed by atoms with van der Waals surface area (Å²) in [6.07, 6.45) is 1.57. The number of hydrogen-bond acceptors (Lipinski definition) is 7. The number of imide groups is 1. The zero-order valence-corrected chi connectivity index (χ0v) is 18.9. The van der Waals surface area contributed by atoms with Crippen molar-refractivity contribution in [3.63, 3.8) is 0 Å². The van der Waals surface area contributed by atoms with Crippen LogP contribution in [0.2, 0.25) is 0 Å². The van der Waals surface area contributed by atoms with Crippen LogP contribution in [-0.4, -0.2) is 36.2 Å². The number of benzene rings is 2. The molecule has 0 radical (unpaired) electrons. The highest BCUT2D eigenvalue weighted by Gasteiger charge is 2.39. The fourth-order valence-corrected chi connectivity index (χ4v) is 3.64. The number of nitrogens with zero attached hydrogens (tertiary/aromatic N) is 1. The van der Waals surface area contributed by atoms with Crippen LogP contribution in [0.25, 0.3) is 0 Å². The van der Waals surface area contributed by atoms with E-state index in [0.29, 0.717) is 23.6 Å². The summed E-state index contributed by atoms with van der Waals surface area (Å²) in [6.45, 7) is -0.0669. The maximum Gasteiger partial charge on any atom is 0.338 e. The number of carbonyl (C=O) groups excluding carboxylic acids is 4. The van der Waals surface area contributed by atoms with Gasteiger partial charge in [-0.2, -0.15) is 0 Å². The SMILES string of the molecule is O=C(COC(=O)c1ccc(N2C(=O)CC(NCc3ccco3)C2=O)cc1)c1ccc(Br)cc1. The predicted octanol–water partition coefficient (Wildman–Crippen LogP) is 3.50. The Bertz CT molecular complexity index is 1170. The minimum absolute atomic E-state index is 0.0293. The average molecular weight is 511 g/mol. The Balaban J connectivity index is 1.34. The summed E-state index contributed by atoms with van der Waals surface area (Å²) in [4.78, 5) is 50.7. The van der Waals surface area contributed by atoms with Crippen molar-refractivity contribution in [3.8, 4) is 0 Å². The molecule has 0 spiro atoms. The molecule has 33 heavy (non-hydrogen) atoms. The van der Waals surface area contributed by atoms with Crippen molar-refractivity contribution >= 4 is 45.2 Å². The van der Waals surface area contributed by atoms with Gasteiger partial charge in [0, 0.05) is 10.0 Å². The Morgan fingerprint density at radius 1 is 1.03 bits per heavy atom. The first-order chi connectivity index (χ1) is 15.9. The summed E-state index contributed by atoms with van der Waals surface area (Å²) in [5.41, 5.74) is 0.992. The van der Waals surface area contributed by atoms with Crippen LogP contribution in [0.4, 0.5) is 5.69 Å². The number of Topliss-reactive ketones (excluding diaryl/α,β-unsaturated/α-hetero) is 1. The van der Waals surface area contributed by atoms with Crippen LogP contribution < -0.4 is 10.2 Å². The third-order valence-corrected chi connectivity index (χ3v) is 5.64. The maximum absolute atomic E-state index is 12.7. The van der Waals surface area contributed by atoms with Crippen molar-refractivity contribution in [3.05, 3.63) is 88.3 Å². The van der Waals surface area contributed by atoms with E-state index in [1.165, 1.54) is 30.5 Å². The molecule has 9 heteroatoms. The molecule has 2 heterocycles. The molecular formula is C24H19BrN2O6. The lowest BCUT2D eigenvalue weighted by molar-refractivity contribution is -0.121. The van der Waals surface area contributed by atoms with Gasteiger partial charge in [0.2, 0.25) is 5.91 Å². The Labute approximate surface area is 197 Å². The maximum atomic E-state index is 12.7. The minimum Gasteiger partial charge on any atom is -0.468 e. The van der Waals surface area contributed by atoms with Gasteiger partial charge in [0.15, 0.2) is 12.4 Å². The van der Waals surface area contributed by atoms with E-state index in [1.54, 1.807) is 36.4 Å². The predicted molar refractivity (Wildman–Crippen MR) is 122 cm³/mol. The molecule has 1 aliphatic rings. The summed E-state index contributed by atoms with van der Waals surface area (Å²) in [6, 6.07) is 15.5. The Morgan fingerprint density at radius 3 is 2.39 bits per heavy atom. The number of rotatable bonds is 8. The third kappa shape index (κ3) is 5.27. The van der Waals surface area contributed by atoms with Crippen LogP contribution in [0.1, 0.15) is 32.9 Å². The van der Waals surface area contributed by atoms with Gasteiger partial charge in [-0.3, -0.25) is 19.7 Å². The monoisotopic (exact) mass is 510 g/mol. The van der Waals surface area contributed by atoms with Gasteiger partial charge in [0.1, 0.15) is 5.76 Å². The Hall–Kier alpha value is -3.56. The van der Waals surface area contributed by atoms with Crippen LogP contribution in [-0.2, 0) is 20.9 Å². The van der Waals surface area contributed by atoms with Crippen molar-refractivity contribution in [2.75, 3.05) is 11.5 Å². The first-order valence-corrected chi connectivity index (χ1v) is 10.9. The molecule has 0 aliphatic carbocycles. The van der Waals surface area contributed by atoms with Gasteiger partial charge in [-0.05, 0) is 48.5 Å². The van der Waals surface area contributed by atoms with E-state index in [9.17, 15) is 19.2 Å². The molecule has 2 aromatic carbocycles. The van der Waals surface area contributed by atoms with Crippen molar-refractivity contribution in [2.24, 2.45) is 0 Å². The highest BCUT2D eigenvalue weighted by Crippen LogP contribution is 2.24. The van der Waals surface area contributed by atoms with Crippen LogP contribution in [0, 0.1) is 0 Å². The normalized spacial score (nSPS) is 15.7. The van der Waals surface area contributed by atoms with Crippen molar-refractivity contribution in [1.82, 2.24) is 5.32 Å². The van der Waals surface area contributed by atoms with Crippen LogP contribution >= 0.6 is 15.9 Å². The second-order valence-electron chi connectivity index (χ2n) is 7.34. The molecule has 0 bridgehead atoms. The topological polar surface area (TPSA) is 106 Å². The number of hydrogen-bond donors (Lipinski definition) is 1. The van der Waals surface area contributed by atoms with E-state index < -0.39 is 18.6 Å². The van der Waals surface area contributed by atoms with Crippen LogP contribution in [0.5, 0.6) is 0 Å². The Kier molecular flexibility index (Phi) is 6.81. The van der Waals surface area contributed by atoms with Gasteiger partial charge < -0.3 is 9.15 Å². The van der Waals surface area contributed by atoms with Gasteiger partial charge in [-0.15, -0.1) is 0 Å². The number of esters is 1. The molecule has 2 amide bonds. The number of ketones is 1. The van der Waals surface area contributed by atoms with Crippen LogP contribution in [0.3, 0.4) is 0 Å². The van der Waals surface area contributed by atoms with Crippen molar-refractivity contribution in [1.29, 1.82) is 0 Å². The highest BCUT2D eigenvalue weighted by atomic mass is 79.9. The molecule has 1 aromatic heterocycles. The van der Waals surface area contributed by atoms with E-state index in [0.717, 1.165) is 9.37 Å². The van der Waals surface area contributed by atoms with Gasteiger partial charge in [-0.1, -0.05) is 28.1 Å². The largest absolute Gasteiger partial charge is 0.468 e. The molecule has 1 fully saturated rings. The van der Waals surface area contributed by atoms with E-state index >= 15 is 0 Å². The number of carbonyl (C=O) groups is 4. The molecule has 1 N–H and O–H groups in total. The fourth-order valence-electron chi connectivity index (χ4n) is 3.38. The lowest BCUT2D eigenvalue weighted by Gasteiger charge is -2.15. The fraction of sp³-hybridized carbons (Fsp3) is 0.167. The molecule has 1 aliphatic heterocycles. The first kappa shape index (κ1) is 22.6. The number of nitrogens with one attached hydrogen (secondary N) is 1.